The first kappa shape index (κ1) is 15.0. The standard InChI is InChI=1S/C12H19N5O2S/c1-2-5-16-9(8-13)14-15-12(16)20-7-6-17-10(18)3-4-11(17)19/h2-8,13H2,1H3. The van der Waals surface area contributed by atoms with Crippen molar-refractivity contribution in [3.63, 3.8) is 0 Å². The molecule has 1 aliphatic rings. The molecule has 0 aliphatic carbocycles. The highest BCUT2D eigenvalue weighted by Crippen LogP contribution is 2.19. The van der Waals surface area contributed by atoms with Crippen LogP contribution >= 0.6 is 11.8 Å². The van der Waals surface area contributed by atoms with Crippen LogP contribution in [-0.2, 0) is 22.7 Å². The van der Waals surface area contributed by atoms with Gasteiger partial charge in [-0.3, -0.25) is 14.5 Å². The molecule has 0 atom stereocenters. The zero-order valence-corrected chi connectivity index (χ0v) is 12.4. The second kappa shape index (κ2) is 6.85. The molecule has 0 spiro atoms. The molecule has 0 saturated carbocycles. The molecule has 1 aliphatic heterocycles. The van der Waals surface area contributed by atoms with Gasteiger partial charge < -0.3 is 10.3 Å². The SMILES string of the molecule is CCCn1c(CN)nnc1SCCN1C(=O)CCC1=O. The summed E-state index contributed by atoms with van der Waals surface area (Å²) in [5, 5.41) is 8.97. The van der Waals surface area contributed by atoms with Crippen molar-refractivity contribution in [3.05, 3.63) is 5.82 Å². The summed E-state index contributed by atoms with van der Waals surface area (Å²) in [5.41, 5.74) is 5.63. The summed E-state index contributed by atoms with van der Waals surface area (Å²) in [7, 11) is 0. The Balaban J connectivity index is 1.92. The Labute approximate surface area is 121 Å². The lowest BCUT2D eigenvalue weighted by molar-refractivity contribution is -0.137. The number of nitrogens with zero attached hydrogens (tertiary/aromatic N) is 4. The predicted octanol–water partition coefficient (Wildman–Crippen LogP) is 0.388. The van der Waals surface area contributed by atoms with E-state index in [0.717, 1.165) is 23.9 Å². The Morgan fingerprint density at radius 2 is 1.90 bits per heavy atom. The molecular weight excluding hydrogens is 278 g/mol. The average Bonchev–Trinajstić information content (AvgIpc) is 2.97. The Bertz CT molecular complexity index is 486. The van der Waals surface area contributed by atoms with Gasteiger partial charge in [0.25, 0.3) is 0 Å². The quantitative estimate of drug-likeness (QED) is 0.578. The van der Waals surface area contributed by atoms with Gasteiger partial charge in [-0.25, -0.2) is 0 Å². The highest BCUT2D eigenvalue weighted by molar-refractivity contribution is 7.99. The van der Waals surface area contributed by atoms with Gasteiger partial charge in [0.15, 0.2) is 5.16 Å². The van der Waals surface area contributed by atoms with E-state index in [2.05, 4.69) is 17.1 Å². The lowest BCUT2D eigenvalue weighted by Gasteiger charge is -2.13. The largest absolute Gasteiger partial charge is 0.324 e. The third-order valence-electron chi connectivity index (χ3n) is 3.12. The lowest BCUT2D eigenvalue weighted by Crippen LogP contribution is -2.31. The predicted molar refractivity (Wildman–Crippen MR) is 74.9 cm³/mol. The van der Waals surface area contributed by atoms with Crippen LogP contribution in [0.15, 0.2) is 5.16 Å². The summed E-state index contributed by atoms with van der Waals surface area (Å²) in [6, 6.07) is 0. The maximum absolute atomic E-state index is 11.5. The first-order valence-corrected chi connectivity index (χ1v) is 7.74. The molecule has 8 heteroatoms. The van der Waals surface area contributed by atoms with Crippen molar-refractivity contribution in [2.24, 2.45) is 5.73 Å². The van der Waals surface area contributed by atoms with Crippen molar-refractivity contribution in [2.45, 2.75) is 44.4 Å². The van der Waals surface area contributed by atoms with Crippen LogP contribution in [0.3, 0.4) is 0 Å². The Morgan fingerprint density at radius 3 is 2.50 bits per heavy atom. The molecule has 0 radical (unpaired) electrons. The normalized spacial score (nSPS) is 15.4. The second-order valence-corrected chi connectivity index (χ2v) is 5.60. The lowest BCUT2D eigenvalue weighted by atomic mass is 10.4. The number of aromatic nitrogens is 3. The number of carbonyl (C=O) groups is 2. The molecule has 2 amide bonds. The first-order chi connectivity index (χ1) is 9.67. The van der Waals surface area contributed by atoms with Crippen molar-refractivity contribution in [3.8, 4) is 0 Å². The molecule has 0 aromatic carbocycles. The summed E-state index contributed by atoms with van der Waals surface area (Å²) in [6.45, 7) is 3.69. The molecule has 1 aromatic heterocycles. The molecule has 1 saturated heterocycles. The number of hydrogen-bond donors (Lipinski definition) is 1. The molecule has 20 heavy (non-hydrogen) atoms. The zero-order valence-electron chi connectivity index (χ0n) is 11.5. The molecule has 1 fully saturated rings. The molecule has 110 valence electrons. The number of likely N-dealkylation sites (tertiary alicyclic amines) is 1. The maximum atomic E-state index is 11.5. The first-order valence-electron chi connectivity index (χ1n) is 6.75. The fraction of sp³-hybridized carbons (Fsp3) is 0.667. The number of thioether (sulfide) groups is 1. The summed E-state index contributed by atoms with van der Waals surface area (Å²) >= 11 is 1.50. The van der Waals surface area contributed by atoms with E-state index in [1.54, 1.807) is 0 Å². The van der Waals surface area contributed by atoms with Crippen LogP contribution in [0.25, 0.3) is 0 Å². The van der Waals surface area contributed by atoms with Gasteiger partial charge in [-0.2, -0.15) is 0 Å². The summed E-state index contributed by atoms with van der Waals surface area (Å²) < 4.78 is 2.00. The van der Waals surface area contributed by atoms with Crippen LogP contribution < -0.4 is 5.73 Å². The van der Waals surface area contributed by atoms with Crippen LogP contribution in [0, 0.1) is 0 Å². The van der Waals surface area contributed by atoms with E-state index in [1.165, 1.54) is 16.7 Å². The van der Waals surface area contributed by atoms with Crippen molar-refractivity contribution in [2.75, 3.05) is 12.3 Å². The number of amides is 2. The Kier molecular flexibility index (Phi) is 5.13. The van der Waals surface area contributed by atoms with Gasteiger partial charge >= 0.3 is 0 Å². The average molecular weight is 297 g/mol. The molecule has 2 heterocycles. The number of imide groups is 1. The summed E-state index contributed by atoms with van der Waals surface area (Å²) in [4.78, 5) is 24.3. The van der Waals surface area contributed by atoms with Crippen molar-refractivity contribution in [1.29, 1.82) is 0 Å². The molecular formula is C12H19N5O2S. The highest BCUT2D eigenvalue weighted by atomic mass is 32.2. The number of rotatable bonds is 7. The molecule has 2 rings (SSSR count). The zero-order chi connectivity index (χ0) is 14.5. The molecule has 7 nitrogen and oxygen atoms in total. The van der Waals surface area contributed by atoms with Gasteiger partial charge in [-0.05, 0) is 6.42 Å². The van der Waals surface area contributed by atoms with Crippen molar-refractivity contribution in [1.82, 2.24) is 19.7 Å². The fourth-order valence-corrected chi connectivity index (χ4v) is 3.03. The monoisotopic (exact) mass is 297 g/mol. The van der Waals surface area contributed by atoms with Gasteiger partial charge in [-0.15, -0.1) is 10.2 Å². The van der Waals surface area contributed by atoms with Gasteiger partial charge in [0.05, 0.1) is 6.54 Å². The van der Waals surface area contributed by atoms with Gasteiger partial charge in [0, 0.05) is 31.7 Å². The summed E-state index contributed by atoms with van der Waals surface area (Å²) in [5.74, 6) is 1.24. The van der Waals surface area contributed by atoms with E-state index < -0.39 is 0 Å². The second-order valence-electron chi connectivity index (χ2n) is 4.54. The van der Waals surface area contributed by atoms with E-state index in [4.69, 9.17) is 5.73 Å². The van der Waals surface area contributed by atoms with Crippen LogP contribution in [0.4, 0.5) is 0 Å². The van der Waals surface area contributed by atoms with E-state index in [0.29, 0.717) is 31.7 Å². The Hall–Kier alpha value is -1.41. The van der Waals surface area contributed by atoms with E-state index >= 15 is 0 Å². The number of nitrogens with two attached hydrogens (primary N) is 1. The van der Waals surface area contributed by atoms with Crippen molar-refractivity contribution >= 4 is 23.6 Å². The minimum atomic E-state index is -0.0757. The highest BCUT2D eigenvalue weighted by Gasteiger charge is 2.28. The topological polar surface area (TPSA) is 94.1 Å². The van der Waals surface area contributed by atoms with Crippen LogP contribution in [-0.4, -0.2) is 43.8 Å². The third-order valence-corrected chi connectivity index (χ3v) is 4.07. The van der Waals surface area contributed by atoms with E-state index in [9.17, 15) is 9.59 Å². The van der Waals surface area contributed by atoms with Crippen LogP contribution in [0.1, 0.15) is 32.0 Å². The molecule has 2 N–H and O–H groups in total. The Morgan fingerprint density at radius 1 is 1.20 bits per heavy atom. The smallest absolute Gasteiger partial charge is 0.229 e. The fourth-order valence-electron chi connectivity index (χ4n) is 2.13. The number of hydrogen-bond acceptors (Lipinski definition) is 6. The number of carbonyl (C=O) groups excluding carboxylic acids is 2. The third kappa shape index (κ3) is 3.18. The van der Waals surface area contributed by atoms with Gasteiger partial charge in [0.1, 0.15) is 5.82 Å². The molecule has 1 aromatic rings. The minimum Gasteiger partial charge on any atom is -0.324 e. The molecule has 0 bridgehead atoms. The van der Waals surface area contributed by atoms with Crippen molar-refractivity contribution < 1.29 is 9.59 Å². The van der Waals surface area contributed by atoms with E-state index in [-0.39, 0.29) is 11.8 Å². The molecule has 0 unspecified atom stereocenters. The van der Waals surface area contributed by atoms with Gasteiger partial charge in [-0.1, -0.05) is 18.7 Å². The van der Waals surface area contributed by atoms with Crippen LogP contribution in [0.5, 0.6) is 0 Å². The van der Waals surface area contributed by atoms with E-state index in [1.807, 2.05) is 4.57 Å². The van der Waals surface area contributed by atoms with Gasteiger partial charge in [0.2, 0.25) is 11.8 Å². The minimum absolute atomic E-state index is 0.0757. The van der Waals surface area contributed by atoms with Crippen LogP contribution in [0.2, 0.25) is 0 Å². The summed E-state index contributed by atoms with van der Waals surface area (Å²) in [6.07, 6.45) is 1.65. The maximum Gasteiger partial charge on any atom is 0.229 e.